The van der Waals surface area contributed by atoms with Crippen molar-refractivity contribution < 1.29 is 4.42 Å². The Morgan fingerprint density at radius 1 is 1.35 bits per heavy atom. The average molecular weight is 227 g/mol. The molecule has 1 aromatic heterocycles. The van der Waals surface area contributed by atoms with E-state index in [1.54, 1.807) is 0 Å². The van der Waals surface area contributed by atoms with E-state index >= 15 is 0 Å². The van der Waals surface area contributed by atoms with Gasteiger partial charge in [0, 0.05) is 12.1 Å². The van der Waals surface area contributed by atoms with Gasteiger partial charge in [0.15, 0.2) is 0 Å². The molecule has 0 aliphatic heterocycles. The number of rotatable bonds is 3. The Bertz CT molecular complexity index is 549. The highest BCUT2D eigenvalue weighted by atomic mass is 16.4. The van der Waals surface area contributed by atoms with Crippen molar-refractivity contribution in [2.24, 2.45) is 0 Å². The predicted octanol–water partition coefficient (Wildman–Crippen LogP) is 2.95. The molecule has 1 heterocycles. The molecule has 0 unspecified atom stereocenters. The van der Waals surface area contributed by atoms with E-state index in [1.807, 2.05) is 44.2 Å². The molecule has 0 aliphatic rings. The number of nitriles is 1. The SMILES string of the molecule is CCNc1oc(-c2ccc(C)cc2)nc1C#N. The summed E-state index contributed by atoms with van der Waals surface area (Å²) in [6.45, 7) is 4.65. The highest BCUT2D eigenvalue weighted by Gasteiger charge is 2.13. The zero-order chi connectivity index (χ0) is 12.3. The van der Waals surface area contributed by atoms with Crippen LogP contribution in [0.2, 0.25) is 0 Å². The quantitative estimate of drug-likeness (QED) is 0.875. The van der Waals surface area contributed by atoms with E-state index in [1.165, 1.54) is 5.56 Å². The second-order valence-electron chi connectivity index (χ2n) is 3.70. The summed E-state index contributed by atoms with van der Waals surface area (Å²) in [7, 11) is 0. The minimum atomic E-state index is 0.294. The molecule has 0 radical (unpaired) electrons. The fraction of sp³-hybridized carbons (Fsp3) is 0.231. The first-order chi connectivity index (χ1) is 8.24. The number of anilines is 1. The Morgan fingerprint density at radius 3 is 2.65 bits per heavy atom. The van der Waals surface area contributed by atoms with Gasteiger partial charge in [-0.3, -0.25) is 0 Å². The number of aromatic nitrogens is 1. The molecule has 1 N–H and O–H groups in total. The molecule has 1 aromatic carbocycles. The van der Waals surface area contributed by atoms with E-state index in [0.717, 1.165) is 5.56 Å². The van der Waals surface area contributed by atoms with Crippen LogP contribution in [0.15, 0.2) is 28.7 Å². The Balaban J connectivity index is 2.40. The van der Waals surface area contributed by atoms with Gasteiger partial charge in [0.1, 0.15) is 6.07 Å². The Labute approximate surface area is 99.9 Å². The fourth-order valence-corrected chi connectivity index (χ4v) is 1.50. The van der Waals surface area contributed by atoms with Crippen molar-refractivity contribution in [2.45, 2.75) is 13.8 Å². The summed E-state index contributed by atoms with van der Waals surface area (Å²) in [5, 5.41) is 11.9. The molecule has 0 atom stereocenters. The van der Waals surface area contributed by atoms with Crippen molar-refractivity contribution in [3.63, 3.8) is 0 Å². The standard InChI is InChI=1S/C13H13N3O/c1-3-15-13-11(8-14)16-12(17-13)10-6-4-9(2)5-7-10/h4-7,15H,3H2,1-2H3. The maximum Gasteiger partial charge on any atom is 0.232 e. The van der Waals surface area contributed by atoms with Crippen LogP contribution in [0.1, 0.15) is 18.2 Å². The summed E-state index contributed by atoms with van der Waals surface area (Å²) >= 11 is 0. The van der Waals surface area contributed by atoms with Crippen LogP contribution in [0.25, 0.3) is 11.5 Å². The van der Waals surface area contributed by atoms with Crippen molar-refractivity contribution in [3.05, 3.63) is 35.5 Å². The van der Waals surface area contributed by atoms with Gasteiger partial charge in [-0.05, 0) is 26.0 Å². The smallest absolute Gasteiger partial charge is 0.232 e. The summed E-state index contributed by atoms with van der Waals surface area (Å²) < 4.78 is 5.53. The first-order valence-electron chi connectivity index (χ1n) is 5.46. The fourth-order valence-electron chi connectivity index (χ4n) is 1.50. The Morgan fingerprint density at radius 2 is 2.06 bits per heavy atom. The van der Waals surface area contributed by atoms with Crippen LogP contribution in [-0.4, -0.2) is 11.5 Å². The molecule has 0 saturated carbocycles. The summed E-state index contributed by atoms with van der Waals surface area (Å²) in [5.74, 6) is 0.906. The third-order valence-corrected chi connectivity index (χ3v) is 2.37. The molecule has 4 heteroatoms. The number of hydrogen-bond acceptors (Lipinski definition) is 4. The van der Waals surface area contributed by atoms with Crippen LogP contribution in [0.4, 0.5) is 5.88 Å². The lowest BCUT2D eigenvalue weighted by atomic mass is 10.1. The van der Waals surface area contributed by atoms with Gasteiger partial charge in [0.05, 0.1) is 0 Å². The molecule has 0 amide bonds. The van der Waals surface area contributed by atoms with Crippen LogP contribution < -0.4 is 5.32 Å². The summed E-state index contributed by atoms with van der Waals surface area (Å²) in [6, 6.07) is 9.84. The molecule has 0 aliphatic carbocycles. The molecule has 0 saturated heterocycles. The monoisotopic (exact) mass is 227 g/mol. The third kappa shape index (κ3) is 2.28. The number of oxazole rings is 1. The van der Waals surface area contributed by atoms with Crippen molar-refractivity contribution in [3.8, 4) is 17.5 Å². The molecular formula is C13H13N3O. The topological polar surface area (TPSA) is 61.9 Å². The highest BCUT2D eigenvalue weighted by molar-refractivity contribution is 5.59. The minimum Gasteiger partial charge on any atom is -0.419 e. The molecule has 2 rings (SSSR count). The lowest BCUT2D eigenvalue weighted by Gasteiger charge is -1.97. The van der Waals surface area contributed by atoms with Crippen LogP contribution in [0, 0.1) is 18.3 Å². The van der Waals surface area contributed by atoms with Crippen molar-refractivity contribution in [1.29, 1.82) is 5.26 Å². The Hall–Kier alpha value is -2.28. The van der Waals surface area contributed by atoms with Crippen molar-refractivity contribution >= 4 is 5.88 Å². The molecule has 86 valence electrons. The minimum absolute atomic E-state index is 0.294. The van der Waals surface area contributed by atoms with Crippen LogP contribution in [0.5, 0.6) is 0 Å². The highest BCUT2D eigenvalue weighted by Crippen LogP contribution is 2.25. The van der Waals surface area contributed by atoms with Gasteiger partial charge in [0.2, 0.25) is 17.5 Å². The van der Waals surface area contributed by atoms with Gasteiger partial charge in [-0.1, -0.05) is 17.7 Å². The molecule has 4 nitrogen and oxygen atoms in total. The van der Waals surface area contributed by atoms with Crippen LogP contribution >= 0.6 is 0 Å². The summed E-state index contributed by atoms with van der Waals surface area (Å²) in [5.41, 5.74) is 2.34. The molecule has 0 spiro atoms. The van der Waals surface area contributed by atoms with E-state index in [0.29, 0.717) is 24.0 Å². The normalized spacial score (nSPS) is 9.94. The maximum absolute atomic E-state index is 8.94. The number of nitrogens with zero attached hydrogens (tertiary/aromatic N) is 2. The van der Waals surface area contributed by atoms with Gasteiger partial charge >= 0.3 is 0 Å². The van der Waals surface area contributed by atoms with Gasteiger partial charge < -0.3 is 9.73 Å². The van der Waals surface area contributed by atoms with E-state index in [2.05, 4.69) is 10.3 Å². The Kier molecular flexibility index (Phi) is 3.10. The van der Waals surface area contributed by atoms with E-state index < -0.39 is 0 Å². The van der Waals surface area contributed by atoms with Crippen molar-refractivity contribution in [1.82, 2.24) is 4.98 Å². The number of hydrogen-bond donors (Lipinski definition) is 1. The summed E-state index contributed by atoms with van der Waals surface area (Å²) in [6.07, 6.45) is 0. The molecule has 17 heavy (non-hydrogen) atoms. The van der Waals surface area contributed by atoms with Crippen LogP contribution in [0.3, 0.4) is 0 Å². The molecule has 0 bridgehead atoms. The number of nitrogens with one attached hydrogen (secondary N) is 1. The zero-order valence-corrected chi connectivity index (χ0v) is 9.82. The second-order valence-corrected chi connectivity index (χ2v) is 3.70. The first-order valence-corrected chi connectivity index (χ1v) is 5.46. The lowest BCUT2D eigenvalue weighted by Crippen LogP contribution is -1.96. The van der Waals surface area contributed by atoms with E-state index in [-0.39, 0.29) is 0 Å². The van der Waals surface area contributed by atoms with E-state index in [9.17, 15) is 0 Å². The van der Waals surface area contributed by atoms with E-state index in [4.69, 9.17) is 9.68 Å². The predicted molar refractivity (Wildman–Crippen MR) is 65.6 cm³/mol. The third-order valence-electron chi connectivity index (χ3n) is 2.37. The van der Waals surface area contributed by atoms with Gasteiger partial charge in [-0.15, -0.1) is 0 Å². The largest absolute Gasteiger partial charge is 0.419 e. The van der Waals surface area contributed by atoms with Gasteiger partial charge in [-0.25, -0.2) is 0 Å². The lowest BCUT2D eigenvalue weighted by molar-refractivity contribution is 0.586. The second kappa shape index (κ2) is 4.71. The average Bonchev–Trinajstić information content (AvgIpc) is 2.74. The number of aryl methyl sites for hydroxylation is 1. The van der Waals surface area contributed by atoms with Crippen molar-refractivity contribution in [2.75, 3.05) is 11.9 Å². The summed E-state index contributed by atoms with van der Waals surface area (Å²) in [4.78, 5) is 4.16. The molecular weight excluding hydrogens is 214 g/mol. The zero-order valence-electron chi connectivity index (χ0n) is 9.82. The maximum atomic E-state index is 8.94. The molecule has 0 fully saturated rings. The van der Waals surface area contributed by atoms with Gasteiger partial charge in [-0.2, -0.15) is 10.2 Å². The molecule has 2 aromatic rings. The van der Waals surface area contributed by atoms with Gasteiger partial charge in [0.25, 0.3) is 0 Å². The van der Waals surface area contributed by atoms with Crippen LogP contribution in [-0.2, 0) is 0 Å². The first kappa shape index (κ1) is 11.2. The number of benzene rings is 1.